The molecule has 2 N–H and O–H groups in total. The molecule has 1 rings (SSSR count). The molecule has 0 saturated carbocycles. The first kappa shape index (κ1) is 15.4. The van der Waals surface area contributed by atoms with Gasteiger partial charge in [0, 0.05) is 27.2 Å². The second-order valence-corrected chi connectivity index (χ2v) is 5.21. The van der Waals surface area contributed by atoms with Crippen molar-refractivity contribution in [3.8, 4) is 0 Å². The lowest BCUT2D eigenvalue weighted by atomic mass is 10.1. The summed E-state index contributed by atoms with van der Waals surface area (Å²) in [5.74, 6) is 0.0450. The number of aryl methyl sites for hydroxylation is 1. The SMILES string of the molecule is CN(C)CC(C)(O)CNc1nn(C)c(=O)n(C)c1=O. The monoisotopic (exact) mass is 271 g/mol. The standard InChI is InChI=1S/C11H21N5O3/c1-11(19,7-14(2)3)6-12-8-9(17)15(4)10(18)16(5)13-8/h19H,6-7H2,1-5H3,(H,12,13). The Morgan fingerprint density at radius 2 is 1.95 bits per heavy atom. The predicted octanol–water partition coefficient (Wildman–Crippen LogP) is -1.80. The Labute approximate surface area is 111 Å². The number of anilines is 1. The van der Waals surface area contributed by atoms with Crippen molar-refractivity contribution in [1.82, 2.24) is 19.2 Å². The predicted molar refractivity (Wildman–Crippen MR) is 72.4 cm³/mol. The van der Waals surface area contributed by atoms with Crippen LogP contribution in [-0.4, -0.2) is 57.1 Å². The number of aromatic nitrogens is 3. The van der Waals surface area contributed by atoms with Crippen molar-refractivity contribution in [2.75, 3.05) is 32.5 Å². The molecule has 0 aliphatic carbocycles. The Kier molecular flexibility index (Phi) is 4.48. The fourth-order valence-electron chi connectivity index (χ4n) is 1.82. The average molecular weight is 271 g/mol. The van der Waals surface area contributed by atoms with Crippen LogP contribution in [0.15, 0.2) is 9.59 Å². The van der Waals surface area contributed by atoms with Crippen LogP contribution in [0.4, 0.5) is 5.82 Å². The van der Waals surface area contributed by atoms with E-state index in [0.29, 0.717) is 6.54 Å². The lowest BCUT2D eigenvalue weighted by Gasteiger charge is -2.27. The number of hydrogen-bond acceptors (Lipinski definition) is 6. The van der Waals surface area contributed by atoms with Crippen molar-refractivity contribution in [2.45, 2.75) is 12.5 Å². The summed E-state index contributed by atoms with van der Waals surface area (Å²) in [5.41, 5.74) is -2.01. The van der Waals surface area contributed by atoms with Crippen molar-refractivity contribution in [3.05, 3.63) is 20.8 Å². The normalized spacial score (nSPS) is 14.5. The van der Waals surface area contributed by atoms with Gasteiger partial charge in [-0.15, -0.1) is 5.10 Å². The van der Waals surface area contributed by atoms with Gasteiger partial charge in [0.05, 0.1) is 5.60 Å². The van der Waals surface area contributed by atoms with Crippen molar-refractivity contribution in [2.24, 2.45) is 14.1 Å². The first-order valence-electron chi connectivity index (χ1n) is 5.89. The van der Waals surface area contributed by atoms with Gasteiger partial charge in [0.15, 0.2) is 0 Å². The van der Waals surface area contributed by atoms with Crippen LogP contribution < -0.4 is 16.6 Å². The topological polar surface area (TPSA) is 92.4 Å². The smallest absolute Gasteiger partial charge is 0.346 e. The first-order chi connectivity index (χ1) is 8.64. The maximum atomic E-state index is 11.8. The molecule has 0 fully saturated rings. The van der Waals surface area contributed by atoms with Crippen LogP contribution in [0.25, 0.3) is 0 Å². The summed E-state index contributed by atoms with van der Waals surface area (Å²) in [4.78, 5) is 25.1. The minimum Gasteiger partial charge on any atom is -0.387 e. The maximum absolute atomic E-state index is 11.8. The van der Waals surface area contributed by atoms with Crippen LogP contribution in [-0.2, 0) is 14.1 Å². The zero-order valence-electron chi connectivity index (χ0n) is 12.0. The minimum absolute atomic E-state index is 0.0450. The van der Waals surface area contributed by atoms with E-state index in [9.17, 15) is 14.7 Å². The molecular weight excluding hydrogens is 250 g/mol. The fraction of sp³-hybridized carbons (Fsp3) is 0.727. The Bertz CT molecular complexity index is 558. The Morgan fingerprint density at radius 3 is 2.47 bits per heavy atom. The summed E-state index contributed by atoms with van der Waals surface area (Å²) in [6.45, 7) is 2.25. The van der Waals surface area contributed by atoms with E-state index in [1.165, 1.54) is 14.1 Å². The van der Waals surface area contributed by atoms with E-state index in [1.54, 1.807) is 6.92 Å². The number of nitrogens with zero attached hydrogens (tertiary/aromatic N) is 4. The van der Waals surface area contributed by atoms with E-state index >= 15 is 0 Å². The third-order valence-corrected chi connectivity index (χ3v) is 2.61. The molecule has 1 unspecified atom stereocenters. The molecule has 0 amide bonds. The van der Waals surface area contributed by atoms with Gasteiger partial charge >= 0.3 is 5.69 Å². The van der Waals surface area contributed by atoms with Crippen LogP contribution in [0.2, 0.25) is 0 Å². The third kappa shape index (κ3) is 3.90. The molecule has 0 aliphatic heterocycles. The second-order valence-electron chi connectivity index (χ2n) is 5.21. The summed E-state index contributed by atoms with van der Waals surface area (Å²) >= 11 is 0. The molecular formula is C11H21N5O3. The third-order valence-electron chi connectivity index (χ3n) is 2.61. The molecule has 8 heteroatoms. The Balaban J connectivity index is 2.91. The highest BCUT2D eigenvalue weighted by molar-refractivity contribution is 5.30. The zero-order chi connectivity index (χ0) is 14.8. The summed E-state index contributed by atoms with van der Waals surface area (Å²) in [6, 6.07) is 0. The summed E-state index contributed by atoms with van der Waals surface area (Å²) in [5, 5.41) is 16.8. The van der Waals surface area contributed by atoms with E-state index in [2.05, 4.69) is 10.4 Å². The van der Waals surface area contributed by atoms with E-state index < -0.39 is 16.9 Å². The molecule has 19 heavy (non-hydrogen) atoms. The van der Waals surface area contributed by atoms with Gasteiger partial charge in [-0.2, -0.15) is 0 Å². The molecule has 0 saturated heterocycles. The Morgan fingerprint density at radius 1 is 1.37 bits per heavy atom. The quantitative estimate of drug-likeness (QED) is 0.657. The van der Waals surface area contributed by atoms with Gasteiger partial charge in [0.1, 0.15) is 0 Å². The molecule has 1 aromatic heterocycles. The van der Waals surface area contributed by atoms with Gasteiger partial charge in [0.25, 0.3) is 5.56 Å². The van der Waals surface area contributed by atoms with Gasteiger partial charge < -0.3 is 15.3 Å². The van der Waals surface area contributed by atoms with Crippen LogP contribution in [0.5, 0.6) is 0 Å². The van der Waals surface area contributed by atoms with Crippen molar-refractivity contribution in [3.63, 3.8) is 0 Å². The van der Waals surface area contributed by atoms with Gasteiger partial charge in [-0.05, 0) is 21.0 Å². The largest absolute Gasteiger partial charge is 0.387 e. The maximum Gasteiger partial charge on any atom is 0.346 e. The lowest BCUT2D eigenvalue weighted by molar-refractivity contribution is 0.0458. The fourth-order valence-corrected chi connectivity index (χ4v) is 1.82. The Hall–Kier alpha value is -1.67. The second kappa shape index (κ2) is 5.54. The molecule has 8 nitrogen and oxygen atoms in total. The van der Waals surface area contributed by atoms with Crippen molar-refractivity contribution >= 4 is 5.82 Å². The molecule has 108 valence electrons. The number of aliphatic hydroxyl groups is 1. The molecule has 0 aromatic carbocycles. The summed E-state index contributed by atoms with van der Waals surface area (Å²) < 4.78 is 2.04. The number of likely N-dealkylation sites (N-methyl/N-ethyl adjacent to an activating group) is 1. The van der Waals surface area contributed by atoms with Crippen molar-refractivity contribution < 1.29 is 5.11 Å². The first-order valence-corrected chi connectivity index (χ1v) is 5.89. The summed E-state index contributed by atoms with van der Waals surface area (Å²) in [7, 11) is 6.54. The molecule has 1 heterocycles. The van der Waals surface area contributed by atoms with Gasteiger partial charge in [-0.25, -0.2) is 9.48 Å². The molecule has 0 bridgehead atoms. The lowest BCUT2D eigenvalue weighted by Crippen LogP contribution is -2.45. The van der Waals surface area contributed by atoms with E-state index in [-0.39, 0.29) is 12.4 Å². The number of hydrogen-bond donors (Lipinski definition) is 2. The molecule has 0 spiro atoms. The minimum atomic E-state index is -1.01. The van der Waals surface area contributed by atoms with Crippen LogP contribution in [0, 0.1) is 0 Å². The summed E-state index contributed by atoms with van der Waals surface area (Å²) in [6.07, 6.45) is 0. The molecule has 1 aromatic rings. The molecule has 0 aliphatic rings. The zero-order valence-corrected chi connectivity index (χ0v) is 12.0. The van der Waals surface area contributed by atoms with E-state index in [4.69, 9.17) is 0 Å². The van der Waals surface area contributed by atoms with Gasteiger partial charge in [0.2, 0.25) is 5.82 Å². The van der Waals surface area contributed by atoms with Gasteiger partial charge in [-0.3, -0.25) is 9.36 Å². The molecule has 0 radical (unpaired) electrons. The molecule has 1 atom stereocenters. The van der Waals surface area contributed by atoms with Crippen LogP contribution >= 0.6 is 0 Å². The highest BCUT2D eigenvalue weighted by Crippen LogP contribution is 2.05. The van der Waals surface area contributed by atoms with Crippen LogP contribution in [0.1, 0.15) is 6.92 Å². The number of nitrogens with one attached hydrogen (secondary N) is 1. The highest BCUT2D eigenvalue weighted by Gasteiger charge is 2.22. The van der Waals surface area contributed by atoms with E-state index in [1.807, 2.05) is 19.0 Å². The van der Waals surface area contributed by atoms with E-state index in [0.717, 1.165) is 9.25 Å². The average Bonchev–Trinajstić information content (AvgIpc) is 2.28. The number of rotatable bonds is 5. The van der Waals surface area contributed by atoms with Gasteiger partial charge in [-0.1, -0.05) is 0 Å². The highest BCUT2D eigenvalue weighted by atomic mass is 16.3. The van der Waals surface area contributed by atoms with Crippen molar-refractivity contribution in [1.29, 1.82) is 0 Å². The van der Waals surface area contributed by atoms with Crippen LogP contribution in [0.3, 0.4) is 0 Å².